The van der Waals surface area contributed by atoms with Crippen molar-refractivity contribution in [3.05, 3.63) is 133 Å². The van der Waals surface area contributed by atoms with Gasteiger partial charge in [-0.05, 0) is 137 Å². The molecule has 4 saturated carbocycles. The Morgan fingerprint density at radius 3 is 2.10 bits per heavy atom. The number of benzene rings is 5. The van der Waals surface area contributed by atoms with Gasteiger partial charge in [-0.2, -0.15) is 0 Å². The van der Waals surface area contributed by atoms with E-state index in [0.29, 0.717) is 11.8 Å². The van der Waals surface area contributed by atoms with Gasteiger partial charge in [0.15, 0.2) is 0 Å². The number of fused-ring (bicyclic) bond motifs is 10. The lowest BCUT2D eigenvalue weighted by atomic mass is 9.43. The second-order valence-corrected chi connectivity index (χ2v) is 15.3. The van der Waals surface area contributed by atoms with Crippen molar-refractivity contribution in [2.75, 3.05) is 0 Å². The topological polar surface area (TPSA) is 38.9 Å². The Labute approximate surface area is 284 Å². The zero-order valence-corrected chi connectivity index (χ0v) is 27.2. The van der Waals surface area contributed by atoms with E-state index in [1.54, 1.807) is 11.1 Å². The number of furan rings is 1. The molecule has 0 radical (unpaired) electrons. The van der Waals surface area contributed by atoms with Gasteiger partial charge in [0.05, 0.1) is 11.0 Å². The molecular formula is C46H34N2O. The van der Waals surface area contributed by atoms with Crippen LogP contribution in [0, 0.1) is 23.7 Å². The Hall–Kier alpha value is -5.28. The van der Waals surface area contributed by atoms with Crippen LogP contribution in [0.15, 0.2) is 126 Å². The highest BCUT2D eigenvalue weighted by molar-refractivity contribution is 6.17. The monoisotopic (exact) mass is 630 g/mol. The van der Waals surface area contributed by atoms with E-state index in [2.05, 4.69) is 97.1 Å². The molecule has 5 aliphatic rings. The van der Waals surface area contributed by atoms with Crippen LogP contribution < -0.4 is 0 Å². The van der Waals surface area contributed by atoms with Gasteiger partial charge in [0, 0.05) is 39.4 Å². The molecule has 3 heterocycles. The molecule has 0 atom stereocenters. The van der Waals surface area contributed by atoms with Gasteiger partial charge in [-0.1, -0.05) is 72.8 Å². The smallest absolute Gasteiger partial charge is 0.136 e. The van der Waals surface area contributed by atoms with Crippen molar-refractivity contribution in [1.82, 2.24) is 9.97 Å². The van der Waals surface area contributed by atoms with Gasteiger partial charge in [0.2, 0.25) is 0 Å². The molecule has 4 bridgehead atoms. The van der Waals surface area contributed by atoms with E-state index in [0.717, 1.165) is 44.8 Å². The molecule has 5 aliphatic carbocycles. The van der Waals surface area contributed by atoms with Crippen LogP contribution in [-0.4, -0.2) is 9.97 Å². The first-order valence-electron chi connectivity index (χ1n) is 18.1. The van der Waals surface area contributed by atoms with Crippen LogP contribution in [0.5, 0.6) is 0 Å². The van der Waals surface area contributed by atoms with Crippen LogP contribution in [-0.2, 0) is 5.41 Å². The first-order valence-corrected chi connectivity index (χ1v) is 18.1. The highest BCUT2D eigenvalue weighted by atomic mass is 16.3. The van der Waals surface area contributed by atoms with Crippen molar-refractivity contribution < 1.29 is 4.42 Å². The molecule has 0 amide bonds. The Balaban J connectivity index is 1.15. The molecule has 13 rings (SSSR count). The van der Waals surface area contributed by atoms with Gasteiger partial charge in [0.1, 0.15) is 11.2 Å². The van der Waals surface area contributed by atoms with Crippen LogP contribution in [0.25, 0.3) is 77.1 Å². The van der Waals surface area contributed by atoms with Crippen LogP contribution in [0.4, 0.5) is 0 Å². The molecule has 0 unspecified atom stereocenters. The minimum atomic E-state index is 0.0749. The van der Waals surface area contributed by atoms with Gasteiger partial charge >= 0.3 is 0 Å². The van der Waals surface area contributed by atoms with E-state index < -0.39 is 0 Å². The van der Waals surface area contributed by atoms with Crippen molar-refractivity contribution in [3.63, 3.8) is 0 Å². The summed E-state index contributed by atoms with van der Waals surface area (Å²) in [7, 11) is 0. The number of aromatic nitrogens is 2. The predicted octanol–water partition coefficient (Wildman–Crippen LogP) is 11.7. The molecule has 8 aromatic rings. The van der Waals surface area contributed by atoms with Crippen molar-refractivity contribution >= 4 is 43.7 Å². The van der Waals surface area contributed by atoms with E-state index >= 15 is 0 Å². The number of para-hydroxylation sites is 1. The first kappa shape index (κ1) is 26.6. The molecule has 3 aromatic heterocycles. The van der Waals surface area contributed by atoms with E-state index in [-0.39, 0.29) is 5.41 Å². The van der Waals surface area contributed by atoms with Crippen LogP contribution >= 0.6 is 0 Å². The molecule has 5 aromatic carbocycles. The minimum Gasteiger partial charge on any atom is -0.456 e. The Morgan fingerprint density at radius 1 is 0.531 bits per heavy atom. The van der Waals surface area contributed by atoms with Gasteiger partial charge in [-0.15, -0.1) is 0 Å². The molecule has 0 N–H and O–H groups in total. The number of rotatable bonds is 2. The minimum absolute atomic E-state index is 0.0749. The largest absolute Gasteiger partial charge is 0.456 e. The summed E-state index contributed by atoms with van der Waals surface area (Å²) in [4.78, 5) is 9.52. The summed E-state index contributed by atoms with van der Waals surface area (Å²) >= 11 is 0. The van der Waals surface area contributed by atoms with E-state index in [4.69, 9.17) is 14.4 Å². The molecule has 0 saturated heterocycles. The van der Waals surface area contributed by atoms with Crippen LogP contribution in [0.2, 0.25) is 0 Å². The standard InChI is InChI=1S/C46H34N2O/c1-2-14-39-35(10-1)42-40(49-39)16-15-38-43(42)41-33(11-4-13-37(41)46(38)31-20-26-19-27(22-31)23-32(46)21-26)28-7-3-8-29(24-28)36-25-30-9-5-17-47-44(30)45-34(36)12-6-18-48-45/h1-18,24-27,31-32H,19-23H2. The molecule has 1 spiro atoms. The highest BCUT2D eigenvalue weighted by Crippen LogP contribution is 2.71. The first-order chi connectivity index (χ1) is 24.3. The average Bonchev–Trinajstić information content (AvgIpc) is 3.67. The fourth-order valence-electron chi connectivity index (χ4n) is 11.7. The molecule has 3 nitrogen and oxygen atoms in total. The van der Waals surface area contributed by atoms with E-state index in [1.165, 1.54) is 76.3 Å². The van der Waals surface area contributed by atoms with E-state index in [9.17, 15) is 0 Å². The Morgan fingerprint density at radius 2 is 1.24 bits per heavy atom. The maximum absolute atomic E-state index is 6.57. The number of hydrogen-bond donors (Lipinski definition) is 0. The Bertz CT molecular complexity index is 2670. The normalized spacial score (nSPS) is 24.8. The summed E-state index contributed by atoms with van der Waals surface area (Å²) in [5.74, 6) is 3.21. The summed E-state index contributed by atoms with van der Waals surface area (Å²) in [5, 5.41) is 4.77. The van der Waals surface area contributed by atoms with Crippen LogP contribution in [0.1, 0.15) is 43.2 Å². The lowest BCUT2D eigenvalue weighted by Crippen LogP contribution is -2.55. The summed E-state index contributed by atoms with van der Waals surface area (Å²) in [6.45, 7) is 0. The third-order valence-corrected chi connectivity index (χ3v) is 13.1. The Kier molecular flexibility index (Phi) is 5.14. The maximum Gasteiger partial charge on any atom is 0.136 e. The highest BCUT2D eigenvalue weighted by Gasteiger charge is 2.62. The zero-order chi connectivity index (χ0) is 31.8. The lowest BCUT2D eigenvalue weighted by Gasteiger charge is -2.61. The van der Waals surface area contributed by atoms with E-state index in [1.807, 2.05) is 24.5 Å². The van der Waals surface area contributed by atoms with Crippen molar-refractivity contribution in [2.24, 2.45) is 23.7 Å². The number of hydrogen-bond acceptors (Lipinski definition) is 3. The predicted molar refractivity (Wildman–Crippen MR) is 198 cm³/mol. The molecule has 49 heavy (non-hydrogen) atoms. The summed E-state index contributed by atoms with van der Waals surface area (Å²) in [5.41, 5.74) is 14.9. The third kappa shape index (κ3) is 3.38. The summed E-state index contributed by atoms with van der Waals surface area (Å²) < 4.78 is 6.57. The molecule has 3 heteroatoms. The molecule has 234 valence electrons. The lowest BCUT2D eigenvalue weighted by molar-refractivity contribution is -0.0399. The quantitative estimate of drug-likeness (QED) is 0.178. The summed E-state index contributed by atoms with van der Waals surface area (Å²) in [6, 6.07) is 40.6. The molecule has 4 fully saturated rings. The molecule has 0 aliphatic heterocycles. The zero-order valence-electron chi connectivity index (χ0n) is 27.2. The molecular weight excluding hydrogens is 597 g/mol. The summed E-state index contributed by atoms with van der Waals surface area (Å²) in [6.07, 6.45) is 10.7. The van der Waals surface area contributed by atoms with Crippen LogP contribution in [0.3, 0.4) is 0 Å². The number of pyridine rings is 2. The van der Waals surface area contributed by atoms with Crippen molar-refractivity contribution in [3.8, 4) is 33.4 Å². The second-order valence-electron chi connectivity index (χ2n) is 15.3. The fraction of sp³-hybridized carbons (Fsp3) is 0.217. The van der Waals surface area contributed by atoms with Crippen molar-refractivity contribution in [2.45, 2.75) is 37.5 Å². The van der Waals surface area contributed by atoms with Crippen molar-refractivity contribution in [1.29, 1.82) is 0 Å². The second kappa shape index (κ2) is 9.45. The van der Waals surface area contributed by atoms with Gasteiger partial charge in [0.25, 0.3) is 0 Å². The van der Waals surface area contributed by atoms with Gasteiger partial charge < -0.3 is 4.42 Å². The van der Waals surface area contributed by atoms with Gasteiger partial charge in [-0.3, -0.25) is 9.97 Å². The van der Waals surface area contributed by atoms with Gasteiger partial charge in [-0.25, -0.2) is 0 Å². The average molecular weight is 631 g/mol. The number of nitrogens with zero attached hydrogens (tertiary/aromatic N) is 2. The SMILES string of the molecule is c1cc(-c2cccc3c2-c2c(ccc4oc5ccccc5c24)C32C3CC4CC(C3)CC2C4)cc(-c2cc3cccnc3c3ncccc23)c1. The fourth-order valence-corrected chi connectivity index (χ4v) is 11.7. The maximum atomic E-state index is 6.57. The third-order valence-electron chi connectivity index (χ3n) is 13.1.